The number of nitrogens with zero attached hydrogens (tertiary/aromatic N) is 2. The third-order valence-corrected chi connectivity index (χ3v) is 7.33. The Hall–Kier alpha value is -2.29. The lowest BCUT2D eigenvalue weighted by Crippen LogP contribution is -2.37. The van der Waals surface area contributed by atoms with Gasteiger partial charge in [0.2, 0.25) is 0 Å². The maximum atomic E-state index is 13.7. The molecule has 0 aliphatic carbocycles. The number of hydrogen-bond acceptors (Lipinski definition) is 7. The molecule has 1 aliphatic rings. The molecule has 32 heavy (non-hydrogen) atoms. The zero-order valence-electron chi connectivity index (χ0n) is 18.8. The molecule has 0 bridgehead atoms. The van der Waals surface area contributed by atoms with Gasteiger partial charge < -0.3 is 14.2 Å². The van der Waals surface area contributed by atoms with Gasteiger partial charge in [-0.1, -0.05) is 31.3 Å². The second kappa shape index (κ2) is 10.1. The molecule has 1 atom stereocenters. The van der Waals surface area contributed by atoms with E-state index in [1.54, 1.807) is 30.9 Å². The van der Waals surface area contributed by atoms with Gasteiger partial charge in [-0.3, -0.25) is 9.69 Å². The first-order chi connectivity index (χ1) is 15.5. The summed E-state index contributed by atoms with van der Waals surface area (Å²) in [7, 11) is 3.25. The monoisotopic (exact) mass is 472 g/mol. The van der Waals surface area contributed by atoms with Gasteiger partial charge in [0.05, 0.1) is 26.9 Å². The summed E-state index contributed by atoms with van der Waals surface area (Å²) in [6.45, 7) is 5.48. The van der Waals surface area contributed by atoms with Crippen molar-refractivity contribution in [1.29, 1.82) is 0 Å². The number of carbonyl (C=O) groups excluding carboxylic acids is 1. The maximum absolute atomic E-state index is 13.7. The molecule has 2 aromatic carbocycles. The van der Waals surface area contributed by atoms with Gasteiger partial charge in [-0.05, 0) is 43.2 Å². The first kappa shape index (κ1) is 22.9. The largest absolute Gasteiger partial charge is 0.495 e. The summed E-state index contributed by atoms with van der Waals surface area (Å²) in [5.41, 5.74) is 1.34. The van der Waals surface area contributed by atoms with E-state index >= 15 is 0 Å². The Morgan fingerprint density at radius 3 is 2.72 bits per heavy atom. The smallest absolute Gasteiger partial charge is 0.260 e. The Morgan fingerprint density at radius 2 is 2.03 bits per heavy atom. The Bertz CT molecular complexity index is 1050. The second-order valence-electron chi connectivity index (χ2n) is 7.89. The van der Waals surface area contributed by atoms with Crippen LogP contribution in [-0.4, -0.2) is 49.6 Å². The second-order valence-corrected chi connectivity index (χ2v) is 10.5. The number of methoxy groups -OCH3 is 2. The van der Waals surface area contributed by atoms with Crippen molar-refractivity contribution < 1.29 is 19.0 Å². The van der Waals surface area contributed by atoms with Crippen LogP contribution in [0.15, 0.2) is 41.3 Å². The SMILES string of the molecule is COc1ccc(OC)c2sc(N(CC3CCCO3)C(=O)c3cccc(SC(C)C)c3)nc12. The molecule has 8 heteroatoms. The van der Waals surface area contributed by atoms with Gasteiger partial charge in [0.25, 0.3) is 5.91 Å². The van der Waals surface area contributed by atoms with Crippen LogP contribution in [0.1, 0.15) is 37.0 Å². The highest BCUT2D eigenvalue weighted by Crippen LogP contribution is 2.40. The number of ether oxygens (including phenoxy) is 3. The minimum atomic E-state index is -0.0799. The van der Waals surface area contributed by atoms with Gasteiger partial charge >= 0.3 is 0 Å². The van der Waals surface area contributed by atoms with Gasteiger partial charge in [-0.15, -0.1) is 11.8 Å². The number of hydrogen-bond donors (Lipinski definition) is 0. The normalized spacial score (nSPS) is 16.0. The topological polar surface area (TPSA) is 60.9 Å². The van der Waals surface area contributed by atoms with Gasteiger partial charge in [0.15, 0.2) is 5.13 Å². The molecule has 1 aromatic heterocycles. The number of anilines is 1. The zero-order chi connectivity index (χ0) is 22.7. The van der Waals surface area contributed by atoms with Crippen molar-refractivity contribution in [2.24, 2.45) is 0 Å². The molecule has 1 aliphatic heterocycles. The van der Waals surface area contributed by atoms with E-state index in [0.29, 0.717) is 39.5 Å². The number of fused-ring (bicyclic) bond motifs is 1. The lowest BCUT2D eigenvalue weighted by Gasteiger charge is -2.23. The Balaban J connectivity index is 1.75. The molecule has 6 nitrogen and oxygen atoms in total. The van der Waals surface area contributed by atoms with Crippen LogP contribution in [0.3, 0.4) is 0 Å². The minimum absolute atomic E-state index is 0.00275. The van der Waals surface area contributed by atoms with Crippen molar-refractivity contribution in [3.05, 3.63) is 42.0 Å². The summed E-state index contributed by atoms with van der Waals surface area (Å²) in [5.74, 6) is 1.29. The summed E-state index contributed by atoms with van der Waals surface area (Å²) in [5, 5.41) is 1.05. The molecule has 0 spiro atoms. The molecular weight excluding hydrogens is 444 g/mol. The van der Waals surface area contributed by atoms with Crippen LogP contribution in [0.25, 0.3) is 10.2 Å². The summed E-state index contributed by atoms with van der Waals surface area (Å²) in [6.07, 6.45) is 1.95. The van der Waals surface area contributed by atoms with Crippen LogP contribution >= 0.6 is 23.1 Å². The fraction of sp³-hybridized carbons (Fsp3) is 0.417. The first-order valence-corrected chi connectivity index (χ1v) is 12.4. The molecular formula is C24H28N2O4S2. The molecule has 4 rings (SSSR count). The Labute approximate surface area is 196 Å². The van der Waals surface area contributed by atoms with E-state index in [9.17, 15) is 4.79 Å². The van der Waals surface area contributed by atoms with Crippen LogP contribution in [0, 0.1) is 0 Å². The van der Waals surface area contributed by atoms with Crippen LogP contribution in [0.2, 0.25) is 0 Å². The van der Waals surface area contributed by atoms with Crippen LogP contribution < -0.4 is 14.4 Å². The molecule has 1 unspecified atom stereocenters. The summed E-state index contributed by atoms with van der Waals surface area (Å²) in [4.78, 5) is 21.4. The van der Waals surface area contributed by atoms with E-state index in [1.165, 1.54) is 11.3 Å². The summed E-state index contributed by atoms with van der Waals surface area (Å²) in [6, 6.07) is 11.5. The first-order valence-electron chi connectivity index (χ1n) is 10.7. The summed E-state index contributed by atoms with van der Waals surface area (Å²) >= 11 is 3.18. The fourth-order valence-corrected chi connectivity index (χ4v) is 5.74. The third kappa shape index (κ3) is 4.87. The Kier molecular flexibility index (Phi) is 7.23. The van der Waals surface area contributed by atoms with Crippen molar-refractivity contribution >= 4 is 44.4 Å². The van der Waals surface area contributed by atoms with E-state index < -0.39 is 0 Å². The number of benzene rings is 2. The molecule has 1 amide bonds. The average molecular weight is 473 g/mol. The number of thioether (sulfide) groups is 1. The standard InChI is InChI=1S/C24H28N2O4S2/c1-15(2)31-18-9-5-7-16(13-18)23(27)26(14-17-8-6-12-30-17)24-25-21-19(28-3)10-11-20(29-4)22(21)32-24/h5,7,9-11,13,15,17H,6,8,12,14H2,1-4H3. The third-order valence-electron chi connectivity index (χ3n) is 5.24. The van der Waals surface area contributed by atoms with Crippen molar-refractivity contribution in [1.82, 2.24) is 4.98 Å². The predicted molar refractivity (Wildman–Crippen MR) is 131 cm³/mol. The predicted octanol–water partition coefficient (Wildman–Crippen LogP) is 5.64. The minimum Gasteiger partial charge on any atom is -0.495 e. The quantitative estimate of drug-likeness (QED) is 0.396. The fourth-order valence-electron chi connectivity index (χ4n) is 3.76. The number of rotatable bonds is 8. The number of amides is 1. The molecule has 0 radical (unpaired) electrons. The van der Waals surface area contributed by atoms with Gasteiger partial charge in [0.1, 0.15) is 21.7 Å². The van der Waals surface area contributed by atoms with Crippen LogP contribution in [0.4, 0.5) is 5.13 Å². The van der Waals surface area contributed by atoms with Crippen molar-refractivity contribution in [3.8, 4) is 11.5 Å². The number of aromatic nitrogens is 1. The van der Waals surface area contributed by atoms with Crippen molar-refractivity contribution in [2.45, 2.75) is 42.9 Å². The van der Waals surface area contributed by atoms with Gasteiger partial charge in [-0.25, -0.2) is 4.98 Å². The molecule has 0 N–H and O–H groups in total. The van der Waals surface area contributed by atoms with E-state index in [-0.39, 0.29) is 12.0 Å². The van der Waals surface area contributed by atoms with Crippen LogP contribution in [0.5, 0.6) is 11.5 Å². The molecule has 3 aromatic rings. The highest BCUT2D eigenvalue weighted by atomic mass is 32.2. The maximum Gasteiger partial charge on any atom is 0.260 e. The molecule has 0 saturated carbocycles. The van der Waals surface area contributed by atoms with Crippen LogP contribution in [-0.2, 0) is 4.74 Å². The lowest BCUT2D eigenvalue weighted by atomic mass is 10.2. The van der Waals surface area contributed by atoms with E-state index in [1.807, 2.05) is 36.4 Å². The highest BCUT2D eigenvalue weighted by molar-refractivity contribution is 7.99. The molecule has 1 saturated heterocycles. The average Bonchev–Trinajstić information content (AvgIpc) is 3.46. The highest BCUT2D eigenvalue weighted by Gasteiger charge is 2.28. The Morgan fingerprint density at radius 1 is 1.25 bits per heavy atom. The van der Waals surface area contributed by atoms with Crippen molar-refractivity contribution in [3.63, 3.8) is 0 Å². The summed E-state index contributed by atoms with van der Waals surface area (Å²) < 4.78 is 17.8. The van der Waals surface area contributed by atoms with E-state index in [2.05, 4.69) is 13.8 Å². The van der Waals surface area contributed by atoms with Crippen molar-refractivity contribution in [2.75, 3.05) is 32.3 Å². The lowest BCUT2D eigenvalue weighted by molar-refractivity contribution is 0.0917. The molecule has 170 valence electrons. The zero-order valence-corrected chi connectivity index (χ0v) is 20.4. The number of carbonyl (C=O) groups is 1. The number of thiazole rings is 1. The molecule has 2 heterocycles. The van der Waals surface area contributed by atoms with E-state index in [0.717, 1.165) is 29.0 Å². The van der Waals surface area contributed by atoms with Gasteiger partial charge in [0, 0.05) is 22.3 Å². The molecule has 1 fully saturated rings. The van der Waals surface area contributed by atoms with Gasteiger partial charge in [-0.2, -0.15) is 0 Å². The van der Waals surface area contributed by atoms with E-state index in [4.69, 9.17) is 19.2 Å².